The quantitative estimate of drug-likeness (QED) is 0.289. The Morgan fingerprint density at radius 1 is 0.850 bits per heavy atom. The van der Waals surface area contributed by atoms with Gasteiger partial charge in [0, 0.05) is 23.0 Å². The van der Waals surface area contributed by atoms with Gasteiger partial charge >= 0.3 is 18.4 Å². The van der Waals surface area contributed by atoms with E-state index >= 15 is 0 Å². The average Bonchev–Trinajstić information content (AvgIpc) is 2.81. The molecule has 0 aliphatic heterocycles. The first-order valence-corrected chi connectivity index (χ1v) is 12.2. The Labute approximate surface area is 228 Å². The van der Waals surface area contributed by atoms with Gasteiger partial charge in [0.05, 0.1) is 30.5 Å². The Morgan fingerprint density at radius 3 is 1.90 bits per heavy atom. The van der Waals surface area contributed by atoms with Gasteiger partial charge in [0.15, 0.2) is 0 Å². The summed E-state index contributed by atoms with van der Waals surface area (Å²) < 4.78 is 92.2. The number of carbonyl (C=O) groups excluding carboxylic acids is 1. The minimum Gasteiger partial charge on any atom is -0.496 e. The smallest absolute Gasteiger partial charge is 0.416 e. The van der Waals surface area contributed by atoms with Crippen molar-refractivity contribution in [2.24, 2.45) is 0 Å². The van der Waals surface area contributed by atoms with Gasteiger partial charge in [-0.25, -0.2) is 4.79 Å². The molecule has 0 saturated carbocycles. The fraction of sp³-hybridized carbons (Fsp3) is 0.379. The molecule has 0 radical (unpaired) electrons. The van der Waals surface area contributed by atoms with Crippen LogP contribution in [0.2, 0.25) is 0 Å². The first-order chi connectivity index (χ1) is 18.3. The van der Waals surface area contributed by atoms with Gasteiger partial charge in [-0.15, -0.1) is 0 Å². The average molecular weight is 569 g/mol. The third-order valence-electron chi connectivity index (χ3n) is 5.97. The Bertz CT molecular complexity index is 1380. The zero-order valence-corrected chi connectivity index (χ0v) is 23.1. The Balaban J connectivity index is 2.21. The molecule has 1 amide bonds. The molecule has 0 unspecified atom stereocenters. The molecule has 0 fully saturated rings. The number of methoxy groups -OCH3 is 1. The number of carbonyl (C=O) groups is 1. The molecule has 2 aromatic carbocycles. The molecule has 1 heterocycles. The number of nitrogens with zero attached hydrogens (tertiary/aromatic N) is 2. The van der Waals surface area contributed by atoms with Gasteiger partial charge in [-0.1, -0.05) is 6.07 Å². The summed E-state index contributed by atoms with van der Waals surface area (Å²) in [7, 11) is 1.50. The predicted octanol–water partition coefficient (Wildman–Crippen LogP) is 8.66. The number of benzene rings is 2. The highest BCUT2D eigenvalue weighted by atomic mass is 19.4. The SMILES string of the molecule is COc1c(C)cnc(CN(C(=O)OC(C)(C)C)c2cc(C)cc(-c3cc(C(F)(F)F)cc(C(F)(F)F)c3)c2)c1C. The number of amides is 1. The van der Waals surface area contributed by atoms with Crippen molar-refractivity contribution in [3.05, 3.63) is 76.1 Å². The van der Waals surface area contributed by atoms with Crippen molar-refractivity contribution < 1.29 is 40.6 Å². The number of aryl methyl sites for hydroxylation is 2. The monoisotopic (exact) mass is 568 g/mol. The highest BCUT2D eigenvalue weighted by Gasteiger charge is 2.37. The number of pyridine rings is 1. The Morgan fingerprint density at radius 2 is 1.40 bits per heavy atom. The third kappa shape index (κ3) is 7.25. The van der Waals surface area contributed by atoms with Crippen molar-refractivity contribution in [2.45, 2.75) is 66.0 Å². The third-order valence-corrected chi connectivity index (χ3v) is 5.97. The molecule has 0 aliphatic carbocycles. The molecule has 0 spiro atoms. The fourth-order valence-electron chi connectivity index (χ4n) is 4.17. The lowest BCUT2D eigenvalue weighted by Crippen LogP contribution is -2.37. The second-order valence-electron chi connectivity index (χ2n) is 10.5. The summed E-state index contributed by atoms with van der Waals surface area (Å²) >= 11 is 0. The number of aromatic nitrogens is 1. The molecule has 11 heteroatoms. The maximum Gasteiger partial charge on any atom is 0.416 e. The van der Waals surface area contributed by atoms with Crippen LogP contribution in [-0.4, -0.2) is 23.8 Å². The van der Waals surface area contributed by atoms with Crippen LogP contribution in [-0.2, 0) is 23.6 Å². The van der Waals surface area contributed by atoms with Crippen molar-refractivity contribution >= 4 is 11.8 Å². The number of rotatable bonds is 5. The van der Waals surface area contributed by atoms with Crippen LogP contribution in [0.1, 0.15) is 54.3 Å². The number of hydrogen-bond donors (Lipinski definition) is 0. The summed E-state index contributed by atoms with van der Waals surface area (Å²) in [6.45, 7) is 10.1. The van der Waals surface area contributed by atoms with Crippen molar-refractivity contribution in [2.75, 3.05) is 12.0 Å². The van der Waals surface area contributed by atoms with Gasteiger partial charge in [-0.2, -0.15) is 26.3 Å². The fourth-order valence-corrected chi connectivity index (χ4v) is 4.17. The van der Waals surface area contributed by atoms with Crippen LogP contribution < -0.4 is 9.64 Å². The summed E-state index contributed by atoms with van der Waals surface area (Å²) in [4.78, 5) is 19.0. The van der Waals surface area contributed by atoms with Gasteiger partial charge in [0.25, 0.3) is 0 Å². The van der Waals surface area contributed by atoms with Crippen LogP contribution in [0.3, 0.4) is 0 Å². The molecule has 0 N–H and O–H groups in total. The summed E-state index contributed by atoms with van der Waals surface area (Å²) in [5.41, 5.74) is -1.39. The maximum atomic E-state index is 13.5. The van der Waals surface area contributed by atoms with Crippen LogP contribution >= 0.6 is 0 Å². The highest BCUT2D eigenvalue weighted by molar-refractivity contribution is 5.89. The second-order valence-corrected chi connectivity index (χ2v) is 10.5. The van der Waals surface area contributed by atoms with Crippen LogP contribution in [0.15, 0.2) is 42.6 Å². The molecule has 1 aromatic heterocycles. The van der Waals surface area contributed by atoms with Crippen molar-refractivity contribution in [1.29, 1.82) is 0 Å². The number of anilines is 1. The van der Waals surface area contributed by atoms with Gasteiger partial charge < -0.3 is 9.47 Å². The number of hydrogen-bond acceptors (Lipinski definition) is 4. The predicted molar refractivity (Wildman–Crippen MR) is 139 cm³/mol. The van der Waals surface area contributed by atoms with Crippen molar-refractivity contribution in [3.63, 3.8) is 0 Å². The second kappa shape index (κ2) is 11.0. The topological polar surface area (TPSA) is 51.7 Å². The first-order valence-electron chi connectivity index (χ1n) is 12.2. The van der Waals surface area contributed by atoms with Gasteiger partial charge in [-0.3, -0.25) is 9.88 Å². The molecule has 40 heavy (non-hydrogen) atoms. The van der Waals surface area contributed by atoms with E-state index in [4.69, 9.17) is 9.47 Å². The Hall–Kier alpha value is -3.76. The zero-order valence-electron chi connectivity index (χ0n) is 23.1. The largest absolute Gasteiger partial charge is 0.496 e. The molecular weight excluding hydrogens is 538 g/mol. The highest BCUT2D eigenvalue weighted by Crippen LogP contribution is 2.40. The molecular formula is C29H30F6N2O3. The summed E-state index contributed by atoms with van der Waals surface area (Å²) in [5, 5.41) is 0. The molecule has 0 aliphatic rings. The first kappa shape index (κ1) is 30.8. The van der Waals surface area contributed by atoms with Gasteiger partial charge in [0.2, 0.25) is 0 Å². The van der Waals surface area contributed by atoms with E-state index in [2.05, 4.69) is 4.98 Å². The van der Waals surface area contributed by atoms with Crippen LogP contribution in [0, 0.1) is 20.8 Å². The van der Waals surface area contributed by atoms with E-state index in [0.29, 0.717) is 34.7 Å². The molecule has 216 valence electrons. The van der Waals surface area contributed by atoms with E-state index in [0.717, 1.165) is 5.56 Å². The summed E-state index contributed by atoms with van der Waals surface area (Å²) in [5.74, 6) is 0.572. The normalized spacial score (nSPS) is 12.3. The van der Waals surface area contributed by atoms with E-state index in [1.54, 1.807) is 46.9 Å². The van der Waals surface area contributed by atoms with Crippen LogP contribution in [0.25, 0.3) is 11.1 Å². The van der Waals surface area contributed by atoms with E-state index < -0.39 is 35.2 Å². The molecule has 3 rings (SSSR count). The lowest BCUT2D eigenvalue weighted by molar-refractivity contribution is -0.143. The molecule has 0 bridgehead atoms. The van der Waals surface area contributed by atoms with Crippen molar-refractivity contribution in [3.8, 4) is 16.9 Å². The lowest BCUT2D eigenvalue weighted by Gasteiger charge is -2.28. The van der Waals surface area contributed by atoms with Crippen LogP contribution in [0.4, 0.5) is 36.8 Å². The standard InChI is InChI=1S/C29H30F6N2O3/c1-16-8-19(20-10-21(28(30,31)32)13-22(11-20)29(33,34)35)12-23(9-16)37(26(38)40-27(4,5)6)15-24-18(3)25(39-7)17(2)14-36-24/h8-14H,15H2,1-7H3. The van der Waals surface area contributed by atoms with Gasteiger partial charge in [0.1, 0.15) is 11.4 Å². The van der Waals surface area contributed by atoms with Crippen molar-refractivity contribution in [1.82, 2.24) is 4.98 Å². The molecule has 0 saturated heterocycles. The number of alkyl halides is 6. The number of halogens is 6. The Kier molecular flexibility index (Phi) is 8.48. The van der Waals surface area contributed by atoms with Crippen LogP contribution in [0.5, 0.6) is 5.75 Å². The molecule has 3 aromatic rings. The van der Waals surface area contributed by atoms with E-state index in [1.165, 1.54) is 24.1 Å². The van der Waals surface area contributed by atoms with E-state index in [9.17, 15) is 31.1 Å². The lowest BCUT2D eigenvalue weighted by atomic mass is 9.97. The maximum absolute atomic E-state index is 13.5. The van der Waals surface area contributed by atoms with E-state index in [1.807, 2.05) is 6.92 Å². The summed E-state index contributed by atoms with van der Waals surface area (Å²) in [6, 6.07) is 5.78. The molecule has 5 nitrogen and oxygen atoms in total. The van der Waals surface area contributed by atoms with E-state index in [-0.39, 0.29) is 29.4 Å². The zero-order chi connectivity index (χ0) is 30.2. The number of ether oxygens (including phenoxy) is 2. The molecule has 0 atom stereocenters. The summed E-state index contributed by atoms with van der Waals surface area (Å²) in [6.07, 6.45) is -9.19. The van der Waals surface area contributed by atoms with Gasteiger partial charge in [-0.05, 0) is 88.6 Å². The minimum atomic E-state index is -5.00. The minimum absolute atomic E-state index is 0.0614.